The van der Waals surface area contributed by atoms with Gasteiger partial charge in [-0.2, -0.15) is 0 Å². The predicted molar refractivity (Wildman–Crippen MR) is 79.6 cm³/mol. The summed E-state index contributed by atoms with van der Waals surface area (Å²) in [7, 11) is 0. The lowest BCUT2D eigenvalue weighted by Gasteiger charge is -2.20. The van der Waals surface area contributed by atoms with Crippen LogP contribution in [0.15, 0.2) is 24.3 Å². The van der Waals surface area contributed by atoms with E-state index in [0.29, 0.717) is 0 Å². The molecule has 1 N–H and O–H groups in total. The Morgan fingerprint density at radius 2 is 1.74 bits per heavy atom. The second kappa shape index (κ2) is 7.17. The standard InChI is InChI=1S/C16H24N2O/c1-2-11-17-15-9-7-14(8-10-15)16(19)18-12-5-3-4-6-13-18/h7-10,17H,2-6,11-13H2,1H3. The average Bonchev–Trinajstić information content (AvgIpc) is 2.74. The highest BCUT2D eigenvalue weighted by atomic mass is 16.2. The first kappa shape index (κ1) is 13.9. The minimum Gasteiger partial charge on any atom is -0.385 e. The third kappa shape index (κ3) is 3.98. The number of benzene rings is 1. The third-order valence-electron chi connectivity index (χ3n) is 3.60. The zero-order chi connectivity index (χ0) is 13.5. The second-order valence-electron chi connectivity index (χ2n) is 5.21. The van der Waals surface area contributed by atoms with Crippen LogP contribution in [0.25, 0.3) is 0 Å². The van der Waals surface area contributed by atoms with Gasteiger partial charge in [0, 0.05) is 30.9 Å². The molecule has 1 fully saturated rings. The van der Waals surface area contributed by atoms with Gasteiger partial charge in [-0.25, -0.2) is 0 Å². The van der Waals surface area contributed by atoms with Crippen molar-refractivity contribution in [3.8, 4) is 0 Å². The topological polar surface area (TPSA) is 32.3 Å². The Morgan fingerprint density at radius 3 is 2.32 bits per heavy atom. The minimum absolute atomic E-state index is 0.184. The third-order valence-corrected chi connectivity index (χ3v) is 3.60. The molecule has 0 bridgehead atoms. The fourth-order valence-electron chi connectivity index (χ4n) is 2.46. The highest BCUT2D eigenvalue weighted by Gasteiger charge is 2.16. The van der Waals surface area contributed by atoms with Gasteiger partial charge in [0.2, 0.25) is 0 Å². The molecule has 0 unspecified atom stereocenters. The number of hydrogen-bond donors (Lipinski definition) is 1. The maximum absolute atomic E-state index is 12.4. The molecule has 2 rings (SSSR count). The molecule has 0 radical (unpaired) electrons. The summed E-state index contributed by atoms with van der Waals surface area (Å²) in [5.74, 6) is 0.184. The van der Waals surface area contributed by atoms with Crippen molar-refractivity contribution >= 4 is 11.6 Å². The molecule has 1 heterocycles. The van der Waals surface area contributed by atoms with Crippen molar-refractivity contribution in [2.24, 2.45) is 0 Å². The van der Waals surface area contributed by atoms with Crippen molar-refractivity contribution in [1.29, 1.82) is 0 Å². The van der Waals surface area contributed by atoms with E-state index in [4.69, 9.17) is 0 Å². The molecule has 1 aromatic rings. The minimum atomic E-state index is 0.184. The van der Waals surface area contributed by atoms with Crippen molar-refractivity contribution < 1.29 is 4.79 Å². The van der Waals surface area contributed by atoms with Crippen LogP contribution in [-0.4, -0.2) is 30.4 Å². The summed E-state index contributed by atoms with van der Waals surface area (Å²) >= 11 is 0. The Bertz CT molecular complexity index is 392. The van der Waals surface area contributed by atoms with Crippen molar-refractivity contribution in [1.82, 2.24) is 4.90 Å². The lowest BCUT2D eigenvalue weighted by Crippen LogP contribution is -2.31. The van der Waals surface area contributed by atoms with Crippen molar-refractivity contribution in [2.75, 3.05) is 25.0 Å². The van der Waals surface area contributed by atoms with E-state index in [2.05, 4.69) is 12.2 Å². The molecule has 0 saturated carbocycles. The monoisotopic (exact) mass is 260 g/mol. The fraction of sp³-hybridized carbons (Fsp3) is 0.562. The molecule has 1 saturated heterocycles. The highest BCUT2D eigenvalue weighted by molar-refractivity contribution is 5.94. The molecule has 104 valence electrons. The van der Waals surface area contributed by atoms with E-state index in [1.165, 1.54) is 12.8 Å². The second-order valence-corrected chi connectivity index (χ2v) is 5.21. The van der Waals surface area contributed by atoms with Gasteiger partial charge in [-0.05, 0) is 43.5 Å². The molecule has 0 atom stereocenters. The summed E-state index contributed by atoms with van der Waals surface area (Å²) in [5, 5.41) is 3.33. The van der Waals surface area contributed by atoms with Gasteiger partial charge in [0.05, 0.1) is 0 Å². The Hall–Kier alpha value is -1.51. The lowest BCUT2D eigenvalue weighted by molar-refractivity contribution is 0.0761. The largest absolute Gasteiger partial charge is 0.385 e. The summed E-state index contributed by atoms with van der Waals surface area (Å²) in [4.78, 5) is 14.4. The first-order valence-electron chi connectivity index (χ1n) is 7.44. The summed E-state index contributed by atoms with van der Waals surface area (Å²) in [6, 6.07) is 7.87. The van der Waals surface area contributed by atoms with Crippen LogP contribution >= 0.6 is 0 Å². The fourth-order valence-corrected chi connectivity index (χ4v) is 2.46. The van der Waals surface area contributed by atoms with Crippen LogP contribution in [0.1, 0.15) is 49.4 Å². The molecule has 1 aliphatic rings. The first-order valence-corrected chi connectivity index (χ1v) is 7.44. The number of amides is 1. The summed E-state index contributed by atoms with van der Waals surface area (Å²) in [6.07, 6.45) is 5.89. The SMILES string of the molecule is CCCNc1ccc(C(=O)N2CCCCCC2)cc1. The molecule has 0 aromatic heterocycles. The Labute approximate surface area is 116 Å². The van der Waals surface area contributed by atoms with Crippen LogP contribution in [-0.2, 0) is 0 Å². The molecule has 1 amide bonds. The quantitative estimate of drug-likeness (QED) is 0.898. The van der Waals surface area contributed by atoms with Crippen molar-refractivity contribution in [2.45, 2.75) is 39.0 Å². The van der Waals surface area contributed by atoms with Crippen LogP contribution < -0.4 is 5.32 Å². The number of nitrogens with zero attached hydrogens (tertiary/aromatic N) is 1. The van der Waals surface area contributed by atoms with Crippen LogP contribution in [0, 0.1) is 0 Å². The molecule has 0 aliphatic carbocycles. The number of carbonyl (C=O) groups is 1. The van der Waals surface area contributed by atoms with E-state index in [-0.39, 0.29) is 5.91 Å². The summed E-state index contributed by atoms with van der Waals surface area (Å²) < 4.78 is 0. The highest BCUT2D eigenvalue weighted by Crippen LogP contribution is 2.15. The summed E-state index contributed by atoms with van der Waals surface area (Å²) in [5.41, 5.74) is 1.90. The molecule has 1 aliphatic heterocycles. The number of rotatable bonds is 4. The van der Waals surface area contributed by atoms with Gasteiger partial charge in [0.25, 0.3) is 5.91 Å². The van der Waals surface area contributed by atoms with Gasteiger partial charge in [-0.15, -0.1) is 0 Å². The number of anilines is 1. The Morgan fingerprint density at radius 1 is 1.11 bits per heavy atom. The summed E-state index contributed by atoms with van der Waals surface area (Å²) in [6.45, 7) is 4.94. The van der Waals surface area contributed by atoms with Gasteiger partial charge in [0.1, 0.15) is 0 Å². The van der Waals surface area contributed by atoms with E-state index in [9.17, 15) is 4.79 Å². The average molecular weight is 260 g/mol. The predicted octanol–water partition coefficient (Wildman–Crippen LogP) is 3.52. The molecular formula is C16H24N2O. The van der Waals surface area contributed by atoms with E-state index in [1.54, 1.807) is 0 Å². The van der Waals surface area contributed by atoms with Crippen LogP contribution in [0.2, 0.25) is 0 Å². The molecule has 19 heavy (non-hydrogen) atoms. The van der Waals surface area contributed by atoms with Crippen LogP contribution in [0.4, 0.5) is 5.69 Å². The Kier molecular flexibility index (Phi) is 5.25. The normalized spacial score (nSPS) is 15.9. The molecule has 1 aromatic carbocycles. The number of nitrogens with one attached hydrogen (secondary N) is 1. The van der Waals surface area contributed by atoms with Gasteiger partial charge >= 0.3 is 0 Å². The maximum Gasteiger partial charge on any atom is 0.253 e. The lowest BCUT2D eigenvalue weighted by atomic mass is 10.1. The number of carbonyl (C=O) groups excluding carboxylic acids is 1. The maximum atomic E-state index is 12.4. The van der Waals surface area contributed by atoms with Gasteiger partial charge in [0.15, 0.2) is 0 Å². The van der Waals surface area contributed by atoms with Crippen molar-refractivity contribution in [3.05, 3.63) is 29.8 Å². The number of hydrogen-bond acceptors (Lipinski definition) is 2. The van der Waals surface area contributed by atoms with Gasteiger partial charge in [-0.3, -0.25) is 4.79 Å². The van der Waals surface area contributed by atoms with Crippen LogP contribution in [0.5, 0.6) is 0 Å². The van der Waals surface area contributed by atoms with Gasteiger partial charge in [-0.1, -0.05) is 19.8 Å². The van der Waals surface area contributed by atoms with E-state index >= 15 is 0 Å². The number of likely N-dealkylation sites (tertiary alicyclic amines) is 1. The van der Waals surface area contributed by atoms with E-state index < -0.39 is 0 Å². The Balaban J connectivity index is 1.98. The molecular weight excluding hydrogens is 236 g/mol. The molecule has 0 spiro atoms. The zero-order valence-electron chi connectivity index (χ0n) is 11.8. The first-order chi connectivity index (χ1) is 9.31. The molecule has 3 nitrogen and oxygen atoms in total. The molecule has 3 heteroatoms. The van der Waals surface area contributed by atoms with E-state index in [0.717, 1.165) is 50.1 Å². The van der Waals surface area contributed by atoms with E-state index in [1.807, 2.05) is 29.2 Å². The smallest absolute Gasteiger partial charge is 0.253 e. The van der Waals surface area contributed by atoms with Gasteiger partial charge < -0.3 is 10.2 Å². The van der Waals surface area contributed by atoms with Crippen molar-refractivity contribution in [3.63, 3.8) is 0 Å². The van der Waals surface area contributed by atoms with Crippen LogP contribution in [0.3, 0.4) is 0 Å². The zero-order valence-corrected chi connectivity index (χ0v) is 11.8.